The summed E-state index contributed by atoms with van der Waals surface area (Å²) in [5, 5.41) is 5.50. The van der Waals surface area contributed by atoms with E-state index in [0.29, 0.717) is 16.8 Å². The Balaban J connectivity index is 1.73. The molecule has 0 aliphatic carbocycles. The van der Waals surface area contributed by atoms with Gasteiger partial charge in [-0.3, -0.25) is 14.6 Å². The van der Waals surface area contributed by atoms with Crippen molar-refractivity contribution in [2.75, 3.05) is 12.4 Å². The van der Waals surface area contributed by atoms with E-state index in [1.807, 2.05) is 30.3 Å². The van der Waals surface area contributed by atoms with Crippen LogP contribution in [0, 0.1) is 0 Å². The van der Waals surface area contributed by atoms with Gasteiger partial charge in [0.1, 0.15) is 0 Å². The number of hydrogen-bond acceptors (Lipinski definition) is 5. The van der Waals surface area contributed by atoms with Crippen molar-refractivity contribution in [1.29, 1.82) is 0 Å². The lowest BCUT2D eigenvalue weighted by atomic mass is 10.1. The number of esters is 1. The predicted octanol–water partition coefficient (Wildman–Crippen LogP) is 3.45. The van der Waals surface area contributed by atoms with Crippen LogP contribution in [0.5, 0.6) is 0 Å². The lowest BCUT2D eigenvalue weighted by molar-refractivity contribution is -0.111. The van der Waals surface area contributed by atoms with Gasteiger partial charge in [0.25, 0.3) is 5.91 Å². The third-order valence-electron chi connectivity index (χ3n) is 4.28. The lowest BCUT2D eigenvalue weighted by Gasteiger charge is -2.10. The fourth-order valence-corrected chi connectivity index (χ4v) is 2.80. The number of carbonyl (C=O) groups is 3. The maximum absolute atomic E-state index is 12.3. The van der Waals surface area contributed by atoms with Crippen molar-refractivity contribution in [3.63, 3.8) is 0 Å². The molecule has 0 aliphatic heterocycles. The molecule has 0 unspecified atom stereocenters. The topological polar surface area (TPSA) is 97.4 Å². The molecule has 3 aromatic rings. The zero-order chi connectivity index (χ0) is 22.1. The summed E-state index contributed by atoms with van der Waals surface area (Å²) in [4.78, 5) is 40.5. The van der Waals surface area contributed by atoms with Gasteiger partial charge >= 0.3 is 5.97 Å². The molecule has 31 heavy (non-hydrogen) atoms. The third kappa shape index (κ3) is 6.37. The van der Waals surface area contributed by atoms with Crippen molar-refractivity contribution < 1.29 is 19.1 Å². The largest absolute Gasteiger partial charge is 0.465 e. The average molecular weight is 415 g/mol. The number of aromatic nitrogens is 1. The average Bonchev–Trinajstić information content (AvgIpc) is 2.81. The summed E-state index contributed by atoms with van der Waals surface area (Å²) in [6.07, 6.45) is 6.14. The van der Waals surface area contributed by atoms with Crippen molar-refractivity contribution in [1.82, 2.24) is 10.3 Å². The SMILES string of the molecule is COC(=O)c1cc(CNC(=O)c2cccnc2)cc(NC(=O)/C=C/c2ccccc2)c1. The van der Waals surface area contributed by atoms with Gasteiger partial charge < -0.3 is 15.4 Å². The maximum atomic E-state index is 12.3. The van der Waals surface area contributed by atoms with E-state index in [0.717, 1.165) is 5.56 Å². The number of ether oxygens (including phenoxy) is 1. The Kier molecular flexibility index (Phi) is 7.26. The summed E-state index contributed by atoms with van der Waals surface area (Å²) < 4.78 is 4.79. The molecule has 2 aromatic carbocycles. The summed E-state index contributed by atoms with van der Waals surface area (Å²) in [5.41, 5.74) is 2.61. The normalized spacial score (nSPS) is 10.5. The number of methoxy groups -OCH3 is 1. The highest BCUT2D eigenvalue weighted by Gasteiger charge is 2.11. The molecular weight excluding hydrogens is 394 g/mol. The van der Waals surface area contributed by atoms with Gasteiger partial charge in [0, 0.05) is 30.7 Å². The van der Waals surface area contributed by atoms with Crippen LogP contribution in [0.15, 0.2) is 79.1 Å². The van der Waals surface area contributed by atoms with Gasteiger partial charge in [-0.2, -0.15) is 0 Å². The standard InChI is InChI=1S/C24H21N3O4/c1-31-24(30)20-12-18(15-26-23(29)19-8-5-11-25-16-19)13-21(14-20)27-22(28)10-9-17-6-3-2-4-7-17/h2-14,16H,15H2,1H3,(H,26,29)(H,27,28)/b10-9+. The second-order valence-corrected chi connectivity index (χ2v) is 6.57. The van der Waals surface area contributed by atoms with Gasteiger partial charge in [0.15, 0.2) is 0 Å². The summed E-state index contributed by atoms with van der Waals surface area (Å²) >= 11 is 0. The monoisotopic (exact) mass is 415 g/mol. The Hall–Kier alpha value is -4.26. The van der Waals surface area contributed by atoms with Gasteiger partial charge in [0.2, 0.25) is 5.91 Å². The first kappa shape index (κ1) is 21.4. The second kappa shape index (κ2) is 10.5. The van der Waals surface area contributed by atoms with E-state index in [-0.39, 0.29) is 23.9 Å². The minimum Gasteiger partial charge on any atom is -0.465 e. The quantitative estimate of drug-likeness (QED) is 0.455. The van der Waals surface area contributed by atoms with Crippen molar-refractivity contribution in [2.24, 2.45) is 0 Å². The van der Waals surface area contributed by atoms with Crippen LogP contribution in [0.4, 0.5) is 5.69 Å². The van der Waals surface area contributed by atoms with Gasteiger partial charge in [0.05, 0.1) is 18.2 Å². The molecule has 7 nitrogen and oxygen atoms in total. The van der Waals surface area contributed by atoms with E-state index in [4.69, 9.17) is 4.74 Å². The predicted molar refractivity (Wildman–Crippen MR) is 117 cm³/mol. The van der Waals surface area contributed by atoms with Crippen molar-refractivity contribution in [3.8, 4) is 0 Å². The van der Waals surface area contributed by atoms with Crippen molar-refractivity contribution in [2.45, 2.75) is 6.54 Å². The van der Waals surface area contributed by atoms with E-state index < -0.39 is 5.97 Å². The van der Waals surface area contributed by atoms with E-state index in [2.05, 4.69) is 15.6 Å². The third-order valence-corrected chi connectivity index (χ3v) is 4.28. The summed E-state index contributed by atoms with van der Waals surface area (Å²) in [5.74, 6) is -1.19. The lowest BCUT2D eigenvalue weighted by Crippen LogP contribution is -2.23. The Morgan fingerprint density at radius 2 is 1.81 bits per heavy atom. The molecule has 2 N–H and O–H groups in total. The first-order chi connectivity index (χ1) is 15.0. The molecule has 3 rings (SSSR count). The van der Waals surface area contributed by atoms with Gasteiger partial charge in [-0.1, -0.05) is 30.3 Å². The van der Waals surface area contributed by atoms with E-state index >= 15 is 0 Å². The van der Waals surface area contributed by atoms with E-state index in [1.54, 1.807) is 36.5 Å². The molecule has 0 saturated carbocycles. The summed E-state index contributed by atoms with van der Waals surface area (Å²) in [6, 6.07) is 17.5. The Morgan fingerprint density at radius 1 is 1.00 bits per heavy atom. The van der Waals surface area contributed by atoms with Crippen molar-refractivity contribution >= 4 is 29.5 Å². The zero-order valence-electron chi connectivity index (χ0n) is 16.9. The molecule has 0 spiro atoms. The molecule has 0 aliphatic rings. The van der Waals surface area contributed by atoms with Crippen LogP contribution in [0.2, 0.25) is 0 Å². The molecule has 156 valence electrons. The highest BCUT2D eigenvalue weighted by atomic mass is 16.5. The molecular formula is C24H21N3O4. The minimum absolute atomic E-state index is 0.154. The number of carbonyl (C=O) groups excluding carboxylic acids is 3. The molecule has 0 saturated heterocycles. The molecule has 2 amide bonds. The van der Waals surface area contributed by atoms with Crippen LogP contribution in [-0.2, 0) is 16.1 Å². The van der Waals surface area contributed by atoms with E-state index in [9.17, 15) is 14.4 Å². The van der Waals surface area contributed by atoms with E-state index in [1.165, 1.54) is 25.4 Å². The first-order valence-corrected chi connectivity index (χ1v) is 9.50. The number of pyridine rings is 1. The molecule has 0 radical (unpaired) electrons. The van der Waals surface area contributed by atoms with Crippen molar-refractivity contribution in [3.05, 3.63) is 101 Å². The number of amides is 2. The second-order valence-electron chi connectivity index (χ2n) is 6.57. The van der Waals surface area contributed by atoms with Crippen LogP contribution in [-0.4, -0.2) is 29.9 Å². The molecule has 1 aromatic heterocycles. The minimum atomic E-state index is -0.546. The first-order valence-electron chi connectivity index (χ1n) is 9.50. The zero-order valence-corrected chi connectivity index (χ0v) is 16.9. The molecule has 0 bridgehead atoms. The van der Waals surface area contributed by atoms with Gasteiger partial charge in [-0.15, -0.1) is 0 Å². The number of nitrogens with zero attached hydrogens (tertiary/aromatic N) is 1. The Labute approximate surface area is 179 Å². The van der Waals surface area contributed by atoms with Crippen LogP contribution < -0.4 is 10.6 Å². The van der Waals surface area contributed by atoms with Gasteiger partial charge in [-0.05, 0) is 47.5 Å². The van der Waals surface area contributed by atoms with Crippen LogP contribution >= 0.6 is 0 Å². The summed E-state index contributed by atoms with van der Waals surface area (Å²) in [7, 11) is 1.28. The van der Waals surface area contributed by atoms with Crippen LogP contribution in [0.1, 0.15) is 31.8 Å². The highest BCUT2D eigenvalue weighted by molar-refractivity contribution is 6.03. The number of hydrogen-bond donors (Lipinski definition) is 2. The molecule has 1 heterocycles. The number of nitrogens with one attached hydrogen (secondary N) is 2. The number of benzene rings is 2. The van der Waals surface area contributed by atoms with Crippen LogP contribution in [0.25, 0.3) is 6.08 Å². The Bertz CT molecular complexity index is 1100. The highest BCUT2D eigenvalue weighted by Crippen LogP contribution is 2.17. The van der Waals surface area contributed by atoms with Gasteiger partial charge in [-0.25, -0.2) is 4.79 Å². The molecule has 0 fully saturated rings. The summed E-state index contributed by atoms with van der Waals surface area (Å²) in [6.45, 7) is 0.154. The molecule has 0 atom stereocenters. The Morgan fingerprint density at radius 3 is 2.52 bits per heavy atom. The fourth-order valence-electron chi connectivity index (χ4n) is 2.80. The number of anilines is 1. The number of rotatable bonds is 7. The fraction of sp³-hybridized carbons (Fsp3) is 0.0833. The smallest absolute Gasteiger partial charge is 0.337 e. The maximum Gasteiger partial charge on any atom is 0.337 e. The van der Waals surface area contributed by atoms with Crippen LogP contribution in [0.3, 0.4) is 0 Å². The molecule has 7 heteroatoms.